The summed E-state index contributed by atoms with van der Waals surface area (Å²) in [5.41, 5.74) is 3.51. The minimum absolute atomic E-state index is 0.0403. The van der Waals surface area contributed by atoms with Crippen LogP contribution in [0.25, 0.3) is 11.3 Å². The molecule has 1 N–H and O–H groups in total. The maximum Gasteiger partial charge on any atom is 0.269 e. The molecule has 2 aromatic carbocycles. The number of hydrogen-bond acceptors (Lipinski definition) is 4. The molecular formula is C17H14F2N2O2S2. The van der Waals surface area contributed by atoms with E-state index in [9.17, 15) is 17.2 Å². The van der Waals surface area contributed by atoms with Crippen LogP contribution in [0.2, 0.25) is 0 Å². The van der Waals surface area contributed by atoms with Crippen molar-refractivity contribution in [2.24, 2.45) is 0 Å². The first-order valence-corrected chi connectivity index (χ1v) is 9.64. The van der Waals surface area contributed by atoms with Crippen LogP contribution < -0.4 is 4.72 Å². The maximum absolute atomic E-state index is 13.7. The number of aromatic nitrogens is 1. The first kappa shape index (κ1) is 17.5. The summed E-state index contributed by atoms with van der Waals surface area (Å²) in [6.45, 7) is 3.87. The van der Waals surface area contributed by atoms with Gasteiger partial charge in [0.05, 0.1) is 5.69 Å². The van der Waals surface area contributed by atoms with Crippen LogP contribution in [-0.2, 0) is 10.0 Å². The van der Waals surface area contributed by atoms with Crippen molar-refractivity contribution in [1.29, 1.82) is 0 Å². The van der Waals surface area contributed by atoms with Crippen LogP contribution in [-0.4, -0.2) is 13.4 Å². The molecule has 0 aliphatic carbocycles. The van der Waals surface area contributed by atoms with Gasteiger partial charge in [0, 0.05) is 10.9 Å². The Labute approximate surface area is 148 Å². The van der Waals surface area contributed by atoms with Gasteiger partial charge in [0.15, 0.2) is 10.0 Å². The number of thiazole rings is 1. The molecule has 3 aromatic rings. The molecular weight excluding hydrogens is 366 g/mol. The lowest BCUT2D eigenvalue weighted by Gasteiger charge is -2.07. The van der Waals surface area contributed by atoms with Crippen molar-refractivity contribution >= 4 is 26.5 Å². The smallest absolute Gasteiger partial charge is 0.254 e. The monoisotopic (exact) mass is 380 g/mol. The molecule has 0 amide bonds. The van der Waals surface area contributed by atoms with Gasteiger partial charge in [-0.25, -0.2) is 22.2 Å². The molecule has 1 heterocycles. The number of nitrogens with one attached hydrogen (secondary N) is 1. The Morgan fingerprint density at radius 3 is 2.44 bits per heavy atom. The Balaban J connectivity index is 1.95. The Morgan fingerprint density at radius 2 is 1.76 bits per heavy atom. The summed E-state index contributed by atoms with van der Waals surface area (Å²) in [6.07, 6.45) is 0. The second kappa shape index (κ2) is 6.53. The molecule has 0 fully saturated rings. The second-order valence-electron chi connectivity index (χ2n) is 5.51. The molecule has 0 saturated heterocycles. The van der Waals surface area contributed by atoms with Crippen LogP contribution >= 0.6 is 11.3 Å². The number of halogens is 2. The molecule has 130 valence electrons. The predicted octanol–water partition coefficient (Wildman–Crippen LogP) is 4.51. The third-order valence-corrected chi connectivity index (χ3v) is 5.86. The number of aryl methyl sites for hydroxylation is 2. The van der Waals surface area contributed by atoms with E-state index in [0.29, 0.717) is 5.69 Å². The third kappa shape index (κ3) is 3.54. The lowest BCUT2D eigenvalue weighted by atomic mass is 10.0. The third-order valence-electron chi connectivity index (χ3n) is 3.58. The first-order valence-electron chi connectivity index (χ1n) is 7.28. The van der Waals surface area contributed by atoms with E-state index in [1.165, 1.54) is 0 Å². The van der Waals surface area contributed by atoms with E-state index in [2.05, 4.69) is 9.71 Å². The van der Waals surface area contributed by atoms with Crippen LogP contribution in [0.4, 0.5) is 13.9 Å². The van der Waals surface area contributed by atoms with E-state index in [0.717, 1.165) is 46.2 Å². The summed E-state index contributed by atoms with van der Waals surface area (Å²) in [5.74, 6) is -2.31. The highest BCUT2D eigenvalue weighted by atomic mass is 32.2. The molecule has 0 aliphatic rings. The van der Waals surface area contributed by atoms with E-state index < -0.39 is 26.6 Å². The summed E-state index contributed by atoms with van der Waals surface area (Å²) in [6, 6.07) is 8.74. The highest BCUT2D eigenvalue weighted by Crippen LogP contribution is 2.30. The van der Waals surface area contributed by atoms with Crippen LogP contribution in [0.3, 0.4) is 0 Å². The van der Waals surface area contributed by atoms with Crippen molar-refractivity contribution in [2.75, 3.05) is 4.72 Å². The molecule has 0 aliphatic heterocycles. The van der Waals surface area contributed by atoms with E-state index in [-0.39, 0.29) is 5.13 Å². The topological polar surface area (TPSA) is 59.1 Å². The van der Waals surface area contributed by atoms with Gasteiger partial charge in [-0.3, -0.25) is 4.72 Å². The molecule has 4 nitrogen and oxygen atoms in total. The Bertz CT molecular complexity index is 1030. The van der Waals surface area contributed by atoms with Crippen LogP contribution in [0.5, 0.6) is 0 Å². The highest BCUT2D eigenvalue weighted by molar-refractivity contribution is 7.93. The zero-order valence-electron chi connectivity index (χ0n) is 13.4. The Morgan fingerprint density at radius 1 is 1.08 bits per heavy atom. The van der Waals surface area contributed by atoms with Gasteiger partial charge in [-0.05, 0) is 37.6 Å². The molecule has 0 radical (unpaired) electrons. The summed E-state index contributed by atoms with van der Waals surface area (Å²) in [4.78, 5) is 3.22. The molecule has 0 bridgehead atoms. The van der Waals surface area contributed by atoms with Gasteiger partial charge >= 0.3 is 0 Å². The number of anilines is 1. The quantitative estimate of drug-likeness (QED) is 0.725. The summed E-state index contributed by atoms with van der Waals surface area (Å²) < 4.78 is 54.2. The zero-order valence-corrected chi connectivity index (χ0v) is 15.0. The molecule has 8 heteroatoms. The largest absolute Gasteiger partial charge is 0.269 e. The van der Waals surface area contributed by atoms with Gasteiger partial charge in [0.2, 0.25) is 0 Å². The second-order valence-corrected chi connectivity index (χ2v) is 7.99. The molecule has 0 unspecified atom stereocenters. The molecule has 0 spiro atoms. The summed E-state index contributed by atoms with van der Waals surface area (Å²) in [5, 5.41) is 1.73. The normalized spacial score (nSPS) is 11.5. The van der Waals surface area contributed by atoms with Gasteiger partial charge in [0.25, 0.3) is 10.0 Å². The van der Waals surface area contributed by atoms with Gasteiger partial charge in [-0.2, -0.15) is 0 Å². The summed E-state index contributed by atoms with van der Waals surface area (Å²) >= 11 is 1.05. The minimum atomic E-state index is -4.41. The van der Waals surface area contributed by atoms with Gasteiger partial charge in [-0.1, -0.05) is 23.8 Å². The first-order chi connectivity index (χ1) is 11.8. The standard InChI is InChI=1S/C17H14F2N2O2S2/c1-10-6-7-11(2)12(8-10)15-9-24-17(20-15)21-25(22,23)16-13(18)4-3-5-14(16)19/h3-9H,1-2H3,(H,20,21). The SMILES string of the molecule is Cc1ccc(C)c(-c2csc(NS(=O)(=O)c3c(F)cccc3F)n2)c1. The fraction of sp³-hybridized carbons (Fsp3) is 0.118. The summed E-state index contributed by atoms with van der Waals surface area (Å²) in [7, 11) is -4.41. The fourth-order valence-electron chi connectivity index (χ4n) is 2.36. The molecule has 0 atom stereocenters. The average Bonchev–Trinajstić information content (AvgIpc) is 2.96. The lowest BCUT2D eigenvalue weighted by Crippen LogP contribution is -2.16. The predicted molar refractivity (Wildman–Crippen MR) is 94.2 cm³/mol. The zero-order chi connectivity index (χ0) is 18.2. The van der Waals surface area contributed by atoms with Crippen LogP contribution in [0.15, 0.2) is 46.7 Å². The van der Waals surface area contributed by atoms with Crippen molar-refractivity contribution in [3.05, 3.63) is 64.5 Å². The van der Waals surface area contributed by atoms with E-state index in [1.54, 1.807) is 5.38 Å². The van der Waals surface area contributed by atoms with E-state index >= 15 is 0 Å². The van der Waals surface area contributed by atoms with Crippen molar-refractivity contribution in [3.63, 3.8) is 0 Å². The molecule has 25 heavy (non-hydrogen) atoms. The van der Waals surface area contributed by atoms with Crippen molar-refractivity contribution < 1.29 is 17.2 Å². The van der Waals surface area contributed by atoms with Crippen molar-refractivity contribution in [1.82, 2.24) is 4.98 Å². The lowest BCUT2D eigenvalue weighted by molar-refractivity contribution is 0.521. The van der Waals surface area contributed by atoms with Gasteiger partial charge in [-0.15, -0.1) is 11.3 Å². The minimum Gasteiger partial charge on any atom is -0.254 e. The maximum atomic E-state index is 13.7. The number of rotatable bonds is 4. The fourth-order valence-corrected chi connectivity index (χ4v) is 4.46. The Hall–Kier alpha value is -2.32. The number of hydrogen-bond donors (Lipinski definition) is 1. The van der Waals surface area contributed by atoms with E-state index in [1.807, 2.05) is 32.0 Å². The van der Waals surface area contributed by atoms with Crippen molar-refractivity contribution in [2.45, 2.75) is 18.7 Å². The number of nitrogens with zero attached hydrogens (tertiary/aromatic N) is 1. The van der Waals surface area contributed by atoms with Gasteiger partial charge in [0.1, 0.15) is 11.6 Å². The molecule has 1 aromatic heterocycles. The van der Waals surface area contributed by atoms with Crippen LogP contribution in [0, 0.1) is 25.5 Å². The van der Waals surface area contributed by atoms with Crippen LogP contribution in [0.1, 0.15) is 11.1 Å². The number of benzene rings is 2. The van der Waals surface area contributed by atoms with E-state index in [4.69, 9.17) is 0 Å². The number of sulfonamides is 1. The molecule has 0 saturated carbocycles. The van der Waals surface area contributed by atoms with Crippen molar-refractivity contribution in [3.8, 4) is 11.3 Å². The highest BCUT2D eigenvalue weighted by Gasteiger charge is 2.25. The Kier molecular flexibility index (Phi) is 4.57. The molecule has 3 rings (SSSR count). The average molecular weight is 380 g/mol. The van der Waals surface area contributed by atoms with Gasteiger partial charge < -0.3 is 0 Å².